The molecule has 0 aliphatic rings. The maximum atomic E-state index is 11.7. The predicted octanol–water partition coefficient (Wildman–Crippen LogP) is 2.87. The molecular weight excluding hydrogens is 286 g/mol. The van der Waals surface area contributed by atoms with Crippen molar-refractivity contribution in [1.82, 2.24) is 4.98 Å². The van der Waals surface area contributed by atoms with Gasteiger partial charge in [-0.25, -0.2) is 9.78 Å². The van der Waals surface area contributed by atoms with Crippen LogP contribution in [0.2, 0.25) is 0 Å². The SMILES string of the molecule is CCOC(=O)c1ccc(N)c(NCCc2csc(C)n2)c1. The monoisotopic (exact) mass is 305 g/mol. The van der Waals surface area contributed by atoms with Gasteiger partial charge in [0.1, 0.15) is 0 Å². The third kappa shape index (κ3) is 4.19. The maximum absolute atomic E-state index is 11.7. The van der Waals surface area contributed by atoms with Crippen molar-refractivity contribution in [3.05, 3.63) is 39.8 Å². The minimum atomic E-state index is -0.337. The Hall–Kier alpha value is -2.08. The molecule has 0 spiro atoms. The Morgan fingerprint density at radius 3 is 2.95 bits per heavy atom. The molecule has 6 heteroatoms. The van der Waals surface area contributed by atoms with E-state index in [-0.39, 0.29) is 5.97 Å². The number of nitrogens with one attached hydrogen (secondary N) is 1. The van der Waals surface area contributed by atoms with Gasteiger partial charge >= 0.3 is 5.97 Å². The van der Waals surface area contributed by atoms with E-state index in [0.29, 0.717) is 24.4 Å². The summed E-state index contributed by atoms with van der Waals surface area (Å²) in [5.74, 6) is -0.337. The molecule has 21 heavy (non-hydrogen) atoms. The minimum absolute atomic E-state index is 0.337. The number of nitrogens with two attached hydrogens (primary N) is 1. The van der Waals surface area contributed by atoms with Gasteiger partial charge < -0.3 is 15.8 Å². The third-order valence-corrected chi connectivity index (χ3v) is 3.75. The zero-order valence-electron chi connectivity index (χ0n) is 12.2. The van der Waals surface area contributed by atoms with Crippen molar-refractivity contribution in [3.8, 4) is 0 Å². The van der Waals surface area contributed by atoms with Crippen LogP contribution in [0, 0.1) is 6.92 Å². The van der Waals surface area contributed by atoms with E-state index >= 15 is 0 Å². The van der Waals surface area contributed by atoms with Crippen molar-refractivity contribution in [3.63, 3.8) is 0 Å². The van der Waals surface area contributed by atoms with E-state index < -0.39 is 0 Å². The highest BCUT2D eigenvalue weighted by molar-refractivity contribution is 7.09. The van der Waals surface area contributed by atoms with Gasteiger partial charge in [-0.3, -0.25) is 0 Å². The maximum Gasteiger partial charge on any atom is 0.338 e. The number of carbonyl (C=O) groups excluding carboxylic acids is 1. The number of aromatic nitrogens is 1. The second-order valence-electron chi connectivity index (χ2n) is 4.56. The summed E-state index contributed by atoms with van der Waals surface area (Å²) >= 11 is 1.64. The van der Waals surface area contributed by atoms with Gasteiger partial charge in [0.05, 0.1) is 34.2 Å². The second-order valence-corrected chi connectivity index (χ2v) is 5.62. The van der Waals surface area contributed by atoms with Gasteiger partial charge in [0.25, 0.3) is 0 Å². The molecule has 0 bridgehead atoms. The van der Waals surface area contributed by atoms with Crippen molar-refractivity contribution in [2.24, 2.45) is 0 Å². The number of ether oxygens (including phenoxy) is 1. The lowest BCUT2D eigenvalue weighted by Gasteiger charge is -2.10. The number of nitrogens with zero attached hydrogens (tertiary/aromatic N) is 1. The van der Waals surface area contributed by atoms with Crippen LogP contribution in [0.4, 0.5) is 11.4 Å². The topological polar surface area (TPSA) is 77.2 Å². The van der Waals surface area contributed by atoms with Crippen LogP contribution in [0.1, 0.15) is 28.0 Å². The van der Waals surface area contributed by atoms with E-state index in [0.717, 1.165) is 22.8 Å². The van der Waals surface area contributed by atoms with E-state index in [1.165, 1.54) is 0 Å². The molecule has 112 valence electrons. The molecule has 1 aromatic carbocycles. The summed E-state index contributed by atoms with van der Waals surface area (Å²) in [4.78, 5) is 16.1. The van der Waals surface area contributed by atoms with E-state index in [4.69, 9.17) is 10.5 Å². The standard InChI is InChI=1S/C15H19N3O2S/c1-3-20-15(19)11-4-5-13(16)14(8-11)17-7-6-12-9-21-10(2)18-12/h4-5,8-9,17H,3,6-7,16H2,1-2H3. The molecule has 0 atom stereocenters. The number of rotatable bonds is 6. The van der Waals surface area contributed by atoms with Crippen LogP contribution < -0.4 is 11.1 Å². The van der Waals surface area contributed by atoms with Crippen LogP contribution in [0.25, 0.3) is 0 Å². The van der Waals surface area contributed by atoms with E-state index in [1.807, 2.05) is 6.92 Å². The zero-order valence-corrected chi connectivity index (χ0v) is 13.0. The summed E-state index contributed by atoms with van der Waals surface area (Å²) in [7, 11) is 0. The smallest absolute Gasteiger partial charge is 0.338 e. The molecule has 0 saturated heterocycles. The van der Waals surface area contributed by atoms with Crippen molar-refractivity contribution in [2.75, 3.05) is 24.2 Å². The Morgan fingerprint density at radius 2 is 2.29 bits per heavy atom. The molecule has 2 aromatic rings. The Bertz CT molecular complexity index is 625. The second kappa shape index (κ2) is 7.08. The van der Waals surface area contributed by atoms with Gasteiger partial charge in [0, 0.05) is 18.3 Å². The number of benzene rings is 1. The normalized spacial score (nSPS) is 10.4. The molecular formula is C15H19N3O2S. The molecule has 0 aliphatic carbocycles. The molecule has 0 aliphatic heterocycles. The molecule has 0 amide bonds. The number of nitrogen functional groups attached to an aromatic ring is 1. The summed E-state index contributed by atoms with van der Waals surface area (Å²) in [5, 5.41) is 6.35. The van der Waals surface area contributed by atoms with Crippen LogP contribution in [-0.2, 0) is 11.2 Å². The molecule has 0 fully saturated rings. The van der Waals surface area contributed by atoms with Crippen molar-refractivity contribution >= 4 is 28.7 Å². The fourth-order valence-electron chi connectivity index (χ4n) is 1.90. The first-order chi connectivity index (χ1) is 10.1. The van der Waals surface area contributed by atoms with Gasteiger partial charge in [-0.2, -0.15) is 0 Å². The van der Waals surface area contributed by atoms with Crippen molar-refractivity contribution in [1.29, 1.82) is 0 Å². The minimum Gasteiger partial charge on any atom is -0.462 e. The highest BCUT2D eigenvalue weighted by Gasteiger charge is 2.09. The summed E-state index contributed by atoms with van der Waals surface area (Å²) < 4.78 is 4.98. The molecule has 0 unspecified atom stereocenters. The lowest BCUT2D eigenvalue weighted by atomic mass is 10.1. The number of anilines is 2. The third-order valence-electron chi connectivity index (χ3n) is 2.93. The van der Waals surface area contributed by atoms with E-state index in [1.54, 1.807) is 36.5 Å². The number of hydrogen-bond acceptors (Lipinski definition) is 6. The molecule has 5 nitrogen and oxygen atoms in total. The zero-order chi connectivity index (χ0) is 15.2. The van der Waals surface area contributed by atoms with Gasteiger partial charge in [-0.05, 0) is 32.0 Å². The highest BCUT2D eigenvalue weighted by Crippen LogP contribution is 2.20. The molecule has 1 heterocycles. The Labute approximate surface area is 128 Å². The number of thiazole rings is 1. The predicted molar refractivity (Wildman–Crippen MR) is 85.9 cm³/mol. The van der Waals surface area contributed by atoms with E-state index in [2.05, 4.69) is 15.7 Å². The van der Waals surface area contributed by atoms with Crippen LogP contribution >= 0.6 is 11.3 Å². The number of esters is 1. The molecule has 2 rings (SSSR count). The van der Waals surface area contributed by atoms with Gasteiger partial charge in [-0.15, -0.1) is 11.3 Å². The first-order valence-corrected chi connectivity index (χ1v) is 7.69. The first-order valence-electron chi connectivity index (χ1n) is 6.81. The van der Waals surface area contributed by atoms with Gasteiger partial charge in [0.15, 0.2) is 0 Å². The summed E-state index contributed by atoms with van der Waals surface area (Å²) in [5.41, 5.74) is 8.83. The van der Waals surface area contributed by atoms with E-state index in [9.17, 15) is 4.79 Å². The van der Waals surface area contributed by atoms with Crippen LogP contribution in [0.3, 0.4) is 0 Å². The molecule has 0 radical (unpaired) electrons. The lowest BCUT2D eigenvalue weighted by Crippen LogP contribution is -2.10. The largest absolute Gasteiger partial charge is 0.462 e. The molecule has 0 saturated carbocycles. The van der Waals surface area contributed by atoms with Crippen LogP contribution in [0.5, 0.6) is 0 Å². The summed E-state index contributed by atoms with van der Waals surface area (Å²) in [6.07, 6.45) is 0.813. The number of hydrogen-bond donors (Lipinski definition) is 2. The molecule has 1 aromatic heterocycles. The number of aryl methyl sites for hydroxylation is 1. The Balaban J connectivity index is 1.98. The average molecular weight is 305 g/mol. The number of carbonyl (C=O) groups is 1. The van der Waals surface area contributed by atoms with Crippen molar-refractivity contribution < 1.29 is 9.53 Å². The Morgan fingerprint density at radius 1 is 1.48 bits per heavy atom. The fourth-order valence-corrected chi connectivity index (χ4v) is 2.55. The summed E-state index contributed by atoms with van der Waals surface area (Å²) in [6.45, 7) is 4.83. The quantitative estimate of drug-likeness (QED) is 0.634. The highest BCUT2D eigenvalue weighted by atomic mass is 32.1. The Kier molecular flexibility index (Phi) is 5.16. The van der Waals surface area contributed by atoms with Crippen LogP contribution in [0.15, 0.2) is 23.6 Å². The first kappa shape index (κ1) is 15.3. The molecule has 3 N–H and O–H groups in total. The summed E-state index contributed by atoms with van der Waals surface area (Å²) in [6, 6.07) is 5.10. The van der Waals surface area contributed by atoms with Gasteiger partial charge in [0.2, 0.25) is 0 Å². The fraction of sp³-hybridized carbons (Fsp3) is 0.333. The van der Waals surface area contributed by atoms with Crippen LogP contribution in [-0.4, -0.2) is 24.1 Å². The lowest BCUT2D eigenvalue weighted by molar-refractivity contribution is 0.0526. The van der Waals surface area contributed by atoms with Gasteiger partial charge in [-0.1, -0.05) is 0 Å². The van der Waals surface area contributed by atoms with Crippen molar-refractivity contribution in [2.45, 2.75) is 20.3 Å². The average Bonchev–Trinajstić information content (AvgIpc) is 2.87.